The number of aliphatic hydroxyl groups excluding tert-OH is 2. The Hall–Kier alpha value is -1.17. The average molecular weight is 471 g/mol. The number of aliphatic hydroxyl groups is 2. The summed E-state index contributed by atoms with van der Waals surface area (Å²) in [6.07, 6.45) is 13.3. The van der Waals surface area contributed by atoms with Crippen LogP contribution in [0.5, 0.6) is 0 Å². The number of hydrogen-bond acceptors (Lipinski definition) is 4. The molecule has 0 aromatic heterocycles. The van der Waals surface area contributed by atoms with E-state index in [1.807, 2.05) is 34.6 Å². The van der Waals surface area contributed by atoms with Gasteiger partial charge in [-0.05, 0) is 69.3 Å². The molecule has 3 aliphatic rings. The van der Waals surface area contributed by atoms with Gasteiger partial charge in [0, 0.05) is 6.42 Å². The molecule has 1 heterocycles. The quantitative estimate of drug-likeness (QED) is 0.414. The SMILES string of the molecule is CC.CC.CCC(C)(C)C(=O)O.CCC1C(C)C=CC2=CCCCC21.OC1CCOC(O)C1. The number of carboxylic acid groups (broad SMARTS) is 1. The fourth-order valence-corrected chi connectivity index (χ4v) is 3.92. The third-order valence-corrected chi connectivity index (χ3v) is 6.48. The van der Waals surface area contributed by atoms with Gasteiger partial charge in [0.25, 0.3) is 0 Å². The summed E-state index contributed by atoms with van der Waals surface area (Å²) < 4.78 is 4.74. The van der Waals surface area contributed by atoms with E-state index in [-0.39, 0.29) is 6.10 Å². The van der Waals surface area contributed by atoms with Crippen LogP contribution in [0, 0.1) is 23.2 Å². The third kappa shape index (κ3) is 13.3. The van der Waals surface area contributed by atoms with Gasteiger partial charge in [-0.25, -0.2) is 0 Å². The van der Waals surface area contributed by atoms with Crippen molar-refractivity contribution in [2.24, 2.45) is 23.2 Å². The number of carbonyl (C=O) groups is 1. The standard InChI is InChI=1S/C13H20.C6H12O2.C5H10O3.2C2H6/c1-3-12-10(2)8-9-11-6-4-5-7-13(11)12;1-4-6(2,3)5(7)8;6-4-1-2-8-5(7)3-4;2*1-2/h6,8-10,12-13H,3-5,7H2,1-2H3;4H2,1-3H3,(H,7,8);4-7H,1-3H2;2*1-2H3. The number of allylic oxidation sites excluding steroid dienone is 4. The van der Waals surface area contributed by atoms with Crippen LogP contribution in [-0.4, -0.2) is 40.3 Å². The predicted octanol–water partition coefficient (Wildman–Crippen LogP) is 6.98. The molecule has 1 saturated heterocycles. The number of fused-ring (bicyclic) bond motifs is 1. The number of rotatable bonds is 3. The summed E-state index contributed by atoms with van der Waals surface area (Å²) >= 11 is 0. The largest absolute Gasteiger partial charge is 0.481 e. The van der Waals surface area contributed by atoms with Crippen LogP contribution in [0.15, 0.2) is 23.8 Å². The highest BCUT2D eigenvalue weighted by atomic mass is 16.6. The summed E-state index contributed by atoms with van der Waals surface area (Å²) in [7, 11) is 0. The van der Waals surface area contributed by atoms with Crippen LogP contribution in [0.2, 0.25) is 0 Å². The maximum Gasteiger partial charge on any atom is 0.309 e. The molecule has 5 nitrogen and oxygen atoms in total. The molecule has 2 aliphatic carbocycles. The van der Waals surface area contributed by atoms with Crippen molar-refractivity contribution < 1.29 is 24.9 Å². The fraction of sp³-hybridized carbons (Fsp3) is 0.821. The summed E-state index contributed by atoms with van der Waals surface area (Å²) in [5, 5.41) is 26.0. The molecule has 0 amide bonds. The van der Waals surface area contributed by atoms with Gasteiger partial charge < -0.3 is 20.1 Å². The molecule has 1 aliphatic heterocycles. The van der Waals surface area contributed by atoms with Gasteiger partial charge >= 0.3 is 5.97 Å². The van der Waals surface area contributed by atoms with Crippen LogP contribution in [0.25, 0.3) is 0 Å². The van der Waals surface area contributed by atoms with Gasteiger partial charge in [0.15, 0.2) is 6.29 Å². The number of carboxylic acids is 1. The second-order valence-electron chi connectivity index (χ2n) is 9.08. The highest BCUT2D eigenvalue weighted by Gasteiger charge is 2.30. The van der Waals surface area contributed by atoms with Crippen LogP contribution < -0.4 is 0 Å². The van der Waals surface area contributed by atoms with Crippen LogP contribution in [0.4, 0.5) is 0 Å². The molecule has 5 atom stereocenters. The van der Waals surface area contributed by atoms with Crippen molar-refractivity contribution in [3.63, 3.8) is 0 Å². The van der Waals surface area contributed by atoms with Gasteiger partial charge in [-0.2, -0.15) is 0 Å². The maximum atomic E-state index is 10.3. The number of hydrogen-bond donors (Lipinski definition) is 3. The molecule has 0 bridgehead atoms. The zero-order valence-corrected chi connectivity index (χ0v) is 22.9. The molecule has 0 radical (unpaired) electrons. The maximum absolute atomic E-state index is 10.3. The first-order valence-corrected chi connectivity index (χ1v) is 13.2. The molecule has 0 spiro atoms. The van der Waals surface area contributed by atoms with Gasteiger partial charge in [0.05, 0.1) is 18.1 Å². The molecule has 0 aromatic carbocycles. The average Bonchev–Trinajstić information content (AvgIpc) is 2.82. The zero-order valence-electron chi connectivity index (χ0n) is 22.9. The van der Waals surface area contributed by atoms with E-state index >= 15 is 0 Å². The van der Waals surface area contributed by atoms with Gasteiger partial charge in [-0.1, -0.05) is 73.1 Å². The molecular weight excluding hydrogens is 416 g/mol. The van der Waals surface area contributed by atoms with Crippen LogP contribution in [-0.2, 0) is 9.53 Å². The predicted molar refractivity (Wildman–Crippen MR) is 139 cm³/mol. The van der Waals surface area contributed by atoms with E-state index in [4.69, 9.17) is 20.1 Å². The van der Waals surface area contributed by atoms with Crippen molar-refractivity contribution >= 4 is 5.97 Å². The van der Waals surface area contributed by atoms with Crippen molar-refractivity contribution in [2.45, 2.75) is 120 Å². The van der Waals surface area contributed by atoms with E-state index in [1.165, 1.54) is 25.7 Å². The smallest absolute Gasteiger partial charge is 0.309 e. The molecule has 33 heavy (non-hydrogen) atoms. The Bertz CT molecular complexity index is 544. The van der Waals surface area contributed by atoms with E-state index in [0.29, 0.717) is 25.9 Å². The van der Waals surface area contributed by atoms with Crippen molar-refractivity contribution in [3.05, 3.63) is 23.8 Å². The fourth-order valence-electron chi connectivity index (χ4n) is 3.92. The van der Waals surface area contributed by atoms with Gasteiger partial charge in [-0.3, -0.25) is 4.79 Å². The van der Waals surface area contributed by atoms with E-state index in [2.05, 4.69) is 32.1 Å². The minimum Gasteiger partial charge on any atom is -0.481 e. The van der Waals surface area contributed by atoms with Crippen LogP contribution in [0.3, 0.4) is 0 Å². The van der Waals surface area contributed by atoms with E-state index in [0.717, 1.165) is 17.8 Å². The lowest BCUT2D eigenvalue weighted by Crippen LogP contribution is -2.28. The lowest BCUT2D eigenvalue weighted by molar-refractivity contribution is -0.152. The molecular formula is C28H54O5. The van der Waals surface area contributed by atoms with Gasteiger partial charge in [0.1, 0.15) is 0 Å². The minimum atomic E-state index is -0.737. The molecule has 1 fully saturated rings. The van der Waals surface area contributed by atoms with E-state index < -0.39 is 17.7 Å². The zero-order chi connectivity index (χ0) is 26.0. The Morgan fingerprint density at radius 3 is 2.12 bits per heavy atom. The summed E-state index contributed by atoms with van der Waals surface area (Å²) in [5.41, 5.74) is 1.09. The van der Waals surface area contributed by atoms with E-state index in [9.17, 15) is 4.79 Å². The lowest BCUT2D eigenvalue weighted by Gasteiger charge is -2.36. The van der Waals surface area contributed by atoms with Crippen LogP contribution >= 0.6 is 0 Å². The first-order valence-electron chi connectivity index (χ1n) is 13.2. The van der Waals surface area contributed by atoms with Crippen molar-refractivity contribution in [1.82, 2.24) is 0 Å². The normalized spacial score (nSPS) is 27.8. The summed E-state index contributed by atoms with van der Waals surface area (Å²) in [5.74, 6) is 1.88. The Morgan fingerprint density at radius 1 is 1.12 bits per heavy atom. The monoisotopic (exact) mass is 470 g/mol. The summed E-state index contributed by atoms with van der Waals surface area (Å²) in [4.78, 5) is 10.3. The molecule has 3 N–H and O–H groups in total. The second kappa shape index (κ2) is 19.2. The van der Waals surface area contributed by atoms with Crippen molar-refractivity contribution in [2.75, 3.05) is 6.61 Å². The summed E-state index contributed by atoms with van der Waals surface area (Å²) in [6, 6.07) is 0. The topological polar surface area (TPSA) is 87.0 Å². The Labute approximate surface area is 204 Å². The molecule has 196 valence electrons. The molecule has 5 heteroatoms. The van der Waals surface area contributed by atoms with Gasteiger partial charge in [-0.15, -0.1) is 0 Å². The third-order valence-electron chi connectivity index (χ3n) is 6.48. The Morgan fingerprint density at radius 2 is 1.73 bits per heavy atom. The Balaban J connectivity index is 0. The van der Waals surface area contributed by atoms with Crippen LogP contribution in [0.1, 0.15) is 107 Å². The second-order valence-corrected chi connectivity index (χ2v) is 9.08. The lowest BCUT2D eigenvalue weighted by atomic mass is 9.69. The molecule has 5 unspecified atom stereocenters. The number of ether oxygens (including phenoxy) is 1. The number of aliphatic carboxylic acids is 1. The molecule has 0 saturated carbocycles. The molecule has 0 aromatic rings. The summed E-state index contributed by atoms with van der Waals surface area (Å²) in [6.45, 7) is 18.5. The van der Waals surface area contributed by atoms with E-state index in [1.54, 1.807) is 19.4 Å². The molecule has 3 rings (SSSR count). The highest BCUT2D eigenvalue weighted by molar-refractivity contribution is 5.73. The van der Waals surface area contributed by atoms with Gasteiger partial charge in [0.2, 0.25) is 0 Å². The first kappa shape index (κ1) is 34.0. The minimum absolute atomic E-state index is 0.361. The highest BCUT2D eigenvalue weighted by Crippen LogP contribution is 2.41. The Kier molecular flexibility index (Phi) is 19.8. The van der Waals surface area contributed by atoms with Crippen molar-refractivity contribution in [1.29, 1.82) is 0 Å². The first-order chi connectivity index (χ1) is 15.6. The van der Waals surface area contributed by atoms with Crippen molar-refractivity contribution in [3.8, 4) is 0 Å².